The van der Waals surface area contributed by atoms with Crippen LogP contribution < -0.4 is 9.47 Å². The van der Waals surface area contributed by atoms with Crippen molar-refractivity contribution in [1.82, 2.24) is 4.90 Å². The zero-order valence-electron chi connectivity index (χ0n) is 28.6. The summed E-state index contributed by atoms with van der Waals surface area (Å²) < 4.78 is 23.8. The standard InChI is InChI=1S/C42H36N4O5/c1-42(2)39(38(27-45)40(51-42)35(25-43)26-44)15-14-32(33-16-19-46(3)20-17-33)18-21-48-41(47)34-22-36(49-28-30-10-6-4-7-11-30)24-37(23-34)50-29-31-12-8-5-9-13-31/h4-17,19-20,22-24H,18,21,28-29H2,1-3H3/b15-14+. The number of esters is 1. The minimum absolute atomic E-state index is 0.0311. The molecule has 9 heteroatoms. The number of rotatable bonds is 12. The summed E-state index contributed by atoms with van der Waals surface area (Å²) in [7, 11) is 1.91. The Hall–Kier alpha value is -6.76. The Morgan fingerprint density at radius 1 is 0.863 bits per heavy atom. The predicted molar refractivity (Wildman–Crippen MR) is 191 cm³/mol. The monoisotopic (exact) mass is 676 g/mol. The maximum absolute atomic E-state index is 13.5. The van der Waals surface area contributed by atoms with Crippen LogP contribution >= 0.6 is 0 Å². The minimum atomic E-state index is -0.968. The number of ether oxygens (including phenoxy) is 4. The van der Waals surface area contributed by atoms with E-state index in [1.54, 1.807) is 38.1 Å². The summed E-state index contributed by atoms with van der Waals surface area (Å²) in [6.07, 6.45) is 11.6. The van der Waals surface area contributed by atoms with Crippen molar-refractivity contribution >= 4 is 5.97 Å². The zero-order chi connectivity index (χ0) is 36.2. The Bertz CT molecular complexity index is 1990. The third kappa shape index (κ3) is 9.23. The Morgan fingerprint density at radius 2 is 1.43 bits per heavy atom. The molecule has 0 N–H and O–H groups in total. The number of hydrogen-bond donors (Lipinski definition) is 0. The smallest absolute Gasteiger partial charge is 0.338 e. The average molecular weight is 677 g/mol. The summed E-state index contributed by atoms with van der Waals surface area (Å²) in [6.45, 7) is 4.21. The molecule has 0 fully saturated rings. The first-order chi connectivity index (χ1) is 24.7. The van der Waals surface area contributed by atoms with Gasteiger partial charge in [0.1, 0.15) is 54.1 Å². The minimum Gasteiger partial charge on any atom is -0.489 e. The number of nitrogens with zero attached hydrogens (tertiary/aromatic N) is 4. The van der Waals surface area contributed by atoms with Crippen LogP contribution in [0.15, 0.2) is 149 Å². The molecule has 0 amide bonds. The van der Waals surface area contributed by atoms with Gasteiger partial charge < -0.3 is 23.8 Å². The highest BCUT2D eigenvalue weighted by molar-refractivity contribution is 5.90. The van der Waals surface area contributed by atoms with Crippen LogP contribution in [0.5, 0.6) is 11.5 Å². The third-order valence-electron chi connectivity index (χ3n) is 8.08. The molecule has 2 heterocycles. The van der Waals surface area contributed by atoms with E-state index in [0.717, 1.165) is 22.3 Å². The molecule has 0 atom stereocenters. The SMILES string of the molecule is CN1C=CC(=C(/C=C/C2=C(C#N)C(=C(C#N)C#N)OC2(C)C)CCOC(=O)c2cc(OCc3ccccc3)cc(OCc3ccccc3)c2)C=C1. The molecule has 0 unspecified atom stereocenters. The van der Waals surface area contributed by atoms with E-state index in [9.17, 15) is 20.6 Å². The molecule has 5 rings (SSSR count). The number of carbonyl (C=O) groups is 1. The molecule has 3 aromatic carbocycles. The van der Waals surface area contributed by atoms with Gasteiger partial charge in [-0.3, -0.25) is 0 Å². The first-order valence-corrected chi connectivity index (χ1v) is 16.2. The van der Waals surface area contributed by atoms with Gasteiger partial charge in [-0.05, 0) is 60.4 Å². The van der Waals surface area contributed by atoms with Crippen LogP contribution in [0.1, 0.15) is 41.8 Å². The molecular formula is C42H36N4O5. The van der Waals surface area contributed by atoms with Gasteiger partial charge >= 0.3 is 5.97 Å². The highest BCUT2D eigenvalue weighted by Gasteiger charge is 2.38. The van der Waals surface area contributed by atoms with Crippen molar-refractivity contribution in [1.29, 1.82) is 15.8 Å². The lowest BCUT2D eigenvalue weighted by Crippen LogP contribution is -2.20. The number of hydrogen-bond acceptors (Lipinski definition) is 9. The van der Waals surface area contributed by atoms with Crippen molar-refractivity contribution in [3.63, 3.8) is 0 Å². The summed E-state index contributed by atoms with van der Waals surface area (Å²) in [5.74, 6) is 0.367. The first kappa shape index (κ1) is 35.5. The van der Waals surface area contributed by atoms with Gasteiger partial charge in [0.15, 0.2) is 11.3 Å². The number of nitriles is 3. The van der Waals surface area contributed by atoms with Gasteiger partial charge in [0, 0.05) is 37.5 Å². The number of allylic oxidation sites excluding steroid dienone is 6. The van der Waals surface area contributed by atoms with Crippen LogP contribution in [0.2, 0.25) is 0 Å². The second kappa shape index (κ2) is 16.6. The molecule has 2 aliphatic heterocycles. The lowest BCUT2D eigenvalue weighted by molar-refractivity contribution is 0.0508. The van der Waals surface area contributed by atoms with Crippen LogP contribution in [0, 0.1) is 34.0 Å². The highest BCUT2D eigenvalue weighted by Crippen LogP contribution is 2.40. The van der Waals surface area contributed by atoms with E-state index in [1.165, 1.54) is 0 Å². The molecule has 0 saturated heterocycles. The van der Waals surface area contributed by atoms with Crippen molar-refractivity contribution in [2.24, 2.45) is 0 Å². The van der Waals surface area contributed by atoms with Gasteiger partial charge in [0.05, 0.1) is 12.2 Å². The van der Waals surface area contributed by atoms with Gasteiger partial charge in [-0.1, -0.05) is 72.8 Å². The average Bonchev–Trinajstić information content (AvgIpc) is 3.41. The van der Waals surface area contributed by atoms with Crippen molar-refractivity contribution in [3.8, 4) is 29.7 Å². The lowest BCUT2D eigenvalue weighted by atomic mass is 9.93. The molecule has 9 nitrogen and oxygen atoms in total. The van der Waals surface area contributed by atoms with Gasteiger partial charge in [-0.25, -0.2) is 4.79 Å². The molecule has 0 spiro atoms. The van der Waals surface area contributed by atoms with Crippen LogP contribution in [-0.2, 0) is 22.7 Å². The topological polar surface area (TPSA) is 129 Å². The Morgan fingerprint density at radius 3 is 1.96 bits per heavy atom. The third-order valence-corrected chi connectivity index (χ3v) is 8.08. The predicted octanol–water partition coefficient (Wildman–Crippen LogP) is 8.15. The summed E-state index contributed by atoms with van der Waals surface area (Å²) in [5.41, 5.74) is 3.37. The molecule has 0 bridgehead atoms. The van der Waals surface area contributed by atoms with Crippen LogP contribution in [0.25, 0.3) is 0 Å². The van der Waals surface area contributed by atoms with Gasteiger partial charge in [0.25, 0.3) is 0 Å². The summed E-state index contributed by atoms with van der Waals surface area (Å²) >= 11 is 0. The Labute approximate surface area is 298 Å². The normalized spacial score (nSPS) is 14.4. The molecule has 0 aromatic heterocycles. The second-order valence-corrected chi connectivity index (χ2v) is 12.2. The van der Waals surface area contributed by atoms with Crippen LogP contribution in [0.4, 0.5) is 0 Å². The summed E-state index contributed by atoms with van der Waals surface area (Å²) in [4.78, 5) is 15.4. The van der Waals surface area contributed by atoms with Crippen LogP contribution in [0.3, 0.4) is 0 Å². The molecule has 0 saturated carbocycles. The fourth-order valence-electron chi connectivity index (χ4n) is 5.38. The molecule has 254 valence electrons. The van der Waals surface area contributed by atoms with Crippen molar-refractivity contribution in [2.75, 3.05) is 13.7 Å². The second-order valence-electron chi connectivity index (χ2n) is 12.2. The molecule has 2 aliphatic rings. The van der Waals surface area contributed by atoms with E-state index in [0.29, 0.717) is 36.7 Å². The van der Waals surface area contributed by atoms with Crippen molar-refractivity contribution in [3.05, 3.63) is 166 Å². The lowest BCUT2D eigenvalue weighted by Gasteiger charge is -2.21. The van der Waals surface area contributed by atoms with Crippen molar-refractivity contribution in [2.45, 2.75) is 39.1 Å². The molecule has 0 aliphatic carbocycles. The van der Waals surface area contributed by atoms with E-state index < -0.39 is 11.6 Å². The van der Waals surface area contributed by atoms with E-state index in [4.69, 9.17) is 18.9 Å². The summed E-state index contributed by atoms with van der Waals surface area (Å²) in [6, 6.07) is 30.2. The maximum atomic E-state index is 13.5. The first-order valence-electron chi connectivity index (χ1n) is 16.2. The van der Waals surface area contributed by atoms with Gasteiger partial charge in [0.2, 0.25) is 0 Å². The highest BCUT2D eigenvalue weighted by atomic mass is 16.5. The molecule has 3 aromatic rings. The summed E-state index contributed by atoms with van der Waals surface area (Å²) in [5, 5.41) is 28.8. The van der Waals surface area contributed by atoms with Crippen molar-refractivity contribution < 1.29 is 23.7 Å². The van der Waals surface area contributed by atoms with E-state index in [2.05, 4.69) is 6.07 Å². The van der Waals surface area contributed by atoms with Crippen LogP contribution in [-0.4, -0.2) is 30.1 Å². The Kier molecular flexibility index (Phi) is 11.5. The van der Waals surface area contributed by atoms with Gasteiger partial charge in [-0.15, -0.1) is 0 Å². The quantitative estimate of drug-likeness (QED) is 0.138. The number of benzene rings is 3. The molecular weight excluding hydrogens is 640 g/mol. The largest absolute Gasteiger partial charge is 0.489 e. The maximum Gasteiger partial charge on any atom is 0.338 e. The van der Waals surface area contributed by atoms with Gasteiger partial charge in [-0.2, -0.15) is 15.8 Å². The van der Waals surface area contributed by atoms with E-state index in [1.807, 2.05) is 115 Å². The molecule has 51 heavy (non-hydrogen) atoms. The van der Waals surface area contributed by atoms with E-state index >= 15 is 0 Å². The fourth-order valence-corrected chi connectivity index (χ4v) is 5.38. The fraction of sp³-hybridized carbons (Fsp3) is 0.190. The van der Waals surface area contributed by atoms with E-state index in [-0.39, 0.29) is 29.1 Å². The number of carbonyl (C=O) groups excluding carboxylic acids is 1. The zero-order valence-corrected chi connectivity index (χ0v) is 28.6. The molecule has 0 radical (unpaired) electrons. The Balaban J connectivity index is 1.36.